The summed E-state index contributed by atoms with van der Waals surface area (Å²) in [4.78, 5) is 90.0. The number of carbonyl (C=O) groups excluding carboxylic acids is 4. The molecule has 3 fully saturated rings. The summed E-state index contributed by atoms with van der Waals surface area (Å²) in [5.74, 6) is 1.95. The number of H-pyrrole nitrogens is 2. The van der Waals surface area contributed by atoms with Gasteiger partial charge in [-0.1, -0.05) is 83.9 Å². The fraction of sp³-hybridized carbons (Fsp3) is 0.423. The van der Waals surface area contributed by atoms with Crippen molar-refractivity contribution in [3.8, 4) is 0 Å². The molecule has 19 nitrogen and oxygen atoms in total. The van der Waals surface area contributed by atoms with Crippen molar-refractivity contribution >= 4 is 57.2 Å². The second-order valence-corrected chi connectivity index (χ2v) is 18.1. The molecule has 3 aliphatic heterocycles. The minimum absolute atomic E-state index is 0. The Balaban J connectivity index is 0.000000157. The number of fused-ring (bicyclic) bond motifs is 2. The fourth-order valence-corrected chi connectivity index (χ4v) is 9.35. The van der Waals surface area contributed by atoms with E-state index in [1.807, 2.05) is 77.7 Å². The third-order valence-corrected chi connectivity index (χ3v) is 12.8. The lowest BCUT2D eigenvalue weighted by Gasteiger charge is -2.18. The number of nitrogen functional groups attached to an aromatic ring is 1. The lowest BCUT2D eigenvalue weighted by molar-refractivity contribution is -0.129. The van der Waals surface area contributed by atoms with Gasteiger partial charge in [-0.15, -0.1) is 0 Å². The molecule has 5 N–H and O–H groups in total. The second-order valence-electron chi connectivity index (χ2n) is 18.1. The maximum absolute atomic E-state index is 12.0. The molecule has 3 amide bonds. The van der Waals surface area contributed by atoms with E-state index in [4.69, 9.17) is 5.73 Å². The second kappa shape index (κ2) is 25.2. The van der Waals surface area contributed by atoms with Crippen LogP contribution >= 0.6 is 0 Å². The summed E-state index contributed by atoms with van der Waals surface area (Å²) in [6.07, 6.45) is 17.7. The van der Waals surface area contributed by atoms with Gasteiger partial charge >= 0.3 is 17.4 Å². The van der Waals surface area contributed by atoms with E-state index < -0.39 is 0 Å². The number of aromatic amines is 2. The van der Waals surface area contributed by atoms with E-state index in [0.717, 1.165) is 85.9 Å². The van der Waals surface area contributed by atoms with Crippen LogP contribution < -0.4 is 22.4 Å². The van der Waals surface area contributed by atoms with E-state index in [-0.39, 0.29) is 42.6 Å². The van der Waals surface area contributed by atoms with Gasteiger partial charge in [0.15, 0.2) is 0 Å². The lowest BCUT2D eigenvalue weighted by Crippen LogP contribution is -2.32. The van der Waals surface area contributed by atoms with Gasteiger partial charge < -0.3 is 35.7 Å². The third kappa shape index (κ3) is 13.5. The van der Waals surface area contributed by atoms with Crippen molar-refractivity contribution in [2.75, 3.05) is 37.4 Å². The topological polar surface area (TPSA) is 227 Å². The van der Waals surface area contributed by atoms with Gasteiger partial charge in [0.05, 0.1) is 40.1 Å². The van der Waals surface area contributed by atoms with Crippen LogP contribution in [0.4, 0.5) is 16.2 Å². The number of benzene rings is 3. The number of carbonyl (C=O) groups is 4. The molecule has 378 valence electrons. The number of nitrogens with zero attached hydrogens (tertiary/aromatic N) is 9. The average Bonchev–Trinajstić information content (AvgIpc) is 4.24. The number of amides is 3. The molecule has 0 radical (unpaired) electrons. The maximum atomic E-state index is 12.0. The summed E-state index contributed by atoms with van der Waals surface area (Å²) >= 11 is 0. The van der Waals surface area contributed by atoms with Crippen LogP contribution in [0, 0.1) is 17.8 Å². The molecule has 0 saturated carbocycles. The van der Waals surface area contributed by atoms with Crippen LogP contribution in [0.2, 0.25) is 0 Å². The largest absolute Gasteiger partial charge is 0.397 e. The van der Waals surface area contributed by atoms with Crippen LogP contribution in [0.3, 0.4) is 0 Å². The van der Waals surface area contributed by atoms with E-state index >= 15 is 0 Å². The Bertz CT molecular complexity index is 2780. The van der Waals surface area contributed by atoms with Gasteiger partial charge in [-0.05, 0) is 73.4 Å². The summed E-state index contributed by atoms with van der Waals surface area (Å²) in [6.45, 7) is 10.1. The Labute approximate surface area is 413 Å². The maximum Gasteiger partial charge on any atom is 0.338 e. The molecule has 3 aromatic carbocycles. The average molecular weight is 972 g/mol. The molecule has 3 unspecified atom stereocenters. The lowest BCUT2D eigenvalue weighted by atomic mass is 10.0. The molecule has 7 heterocycles. The molecule has 0 aliphatic carbocycles. The molecule has 19 heteroatoms. The molecule has 0 spiro atoms. The molecular formula is C52H69N13O6. The summed E-state index contributed by atoms with van der Waals surface area (Å²) < 4.78 is 6.03. The Morgan fingerprint density at radius 2 is 1.01 bits per heavy atom. The summed E-state index contributed by atoms with van der Waals surface area (Å²) in [5, 5.41) is 3.23. The van der Waals surface area contributed by atoms with Gasteiger partial charge in [0.2, 0.25) is 17.7 Å². The van der Waals surface area contributed by atoms with Crippen molar-refractivity contribution in [3.05, 3.63) is 131 Å². The van der Waals surface area contributed by atoms with Crippen LogP contribution in [0.1, 0.15) is 86.0 Å². The fourth-order valence-electron chi connectivity index (χ4n) is 9.35. The molecule has 4 aromatic heterocycles. The van der Waals surface area contributed by atoms with Gasteiger partial charge in [-0.2, -0.15) is 0 Å². The van der Waals surface area contributed by atoms with Crippen molar-refractivity contribution in [1.82, 2.24) is 52.9 Å². The highest BCUT2D eigenvalue weighted by molar-refractivity contribution is 5.81. The normalized spacial score (nSPS) is 17.4. The Hall–Kier alpha value is -7.70. The van der Waals surface area contributed by atoms with Crippen molar-refractivity contribution < 1.29 is 19.2 Å². The molecule has 3 atom stereocenters. The van der Waals surface area contributed by atoms with Crippen LogP contribution in [0.15, 0.2) is 120 Å². The van der Waals surface area contributed by atoms with Crippen LogP contribution in [-0.4, -0.2) is 103 Å². The number of likely N-dealkylation sites (tertiary alicyclic amines) is 3. The number of anilines is 2. The van der Waals surface area contributed by atoms with Crippen molar-refractivity contribution in [1.29, 1.82) is 0 Å². The number of para-hydroxylation sites is 6. The Morgan fingerprint density at radius 1 is 0.606 bits per heavy atom. The predicted octanol–water partition coefficient (Wildman–Crippen LogP) is 7.39. The number of hydrogen-bond donors (Lipinski definition) is 4. The van der Waals surface area contributed by atoms with E-state index in [2.05, 4.69) is 46.0 Å². The van der Waals surface area contributed by atoms with E-state index in [9.17, 15) is 28.8 Å². The molecule has 3 aliphatic rings. The Kier molecular flexibility index (Phi) is 18.7. The van der Waals surface area contributed by atoms with Gasteiger partial charge in [-0.25, -0.2) is 24.4 Å². The van der Waals surface area contributed by atoms with Crippen molar-refractivity contribution in [3.63, 3.8) is 0 Å². The molecule has 0 bridgehead atoms. The zero-order valence-corrected chi connectivity index (χ0v) is 40.3. The van der Waals surface area contributed by atoms with E-state index in [1.165, 1.54) is 21.8 Å². The highest BCUT2D eigenvalue weighted by Crippen LogP contribution is 2.26. The zero-order chi connectivity index (χ0) is 49.6. The highest BCUT2D eigenvalue weighted by Gasteiger charge is 2.31. The molecule has 10 rings (SSSR count). The van der Waals surface area contributed by atoms with E-state index in [1.54, 1.807) is 43.7 Å². The molecule has 7 aromatic rings. The number of nitrogens with two attached hydrogens (primary N) is 1. The molecule has 71 heavy (non-hydrogen) atoms. The first-order chi connectivity index (χ1) is 34.0. The number of imidazole rings is 4. The smallest absolute Gasteiger partial charge is 0.338 e. The predicted molar refractivity (Wildman–Crippen MR) is 276 cm³/mol. The molecule has 3 saturated heterocycles. The number of nitrogens with one attached hydrogen (secondary N) is 3. The number of aromatic nitrogens is 8. The molecular weight excluding hydrogens is 903 g/mol. The SMILES string of the molecule is C.CCCC1CC(=O)N(CNc2ccccc2N)C1.CCCC1CC(=O)N(Cn2c(=O)[nH]c3ccccc32)C1.CCCC1CC(=O)N(Cn2c(=O)[nH]c3ccccc32)C1.O=C(n1ccnc1)n1ccnc1. The first kappa shape index (κ1) is 52.7. The highest BCUT2D eigenvalue weighted by atomic mass is 16.2. The number of hydrogen-bond acceptors (Lipinski definition) is 10. The first-order valence-corrected chi connectivity index (χ1v) is 24.2. The van der Waals surface area contributed by atoms with Crippen molar-refractivity contribution in [2.24, 2.45) is 17.8 Å². The van der Waals surface area contributed by atoms with Gasteiger partial charge in [-0.3, -0.25) is 32.7 Å². The quantitative estimate of drug-likeness (QED) is 0.0838. The minimum atomic E-state index is -0.190. The minimum Gasteiger partial charge on any atom is -0.397 e. The van der Waals surface area contributed by atoms with E-state index in [0.29, 0.717) is 62.7 Å². The van der Waals surface area contributed by atoms with Crippen LogP contribution in [-0.2, 0) is 27.7 Å². The first-order valence-electron chi connectivity index (χ1n) is 24.2. The summed E-state index contributed by atoms with van der Waals surface area (Å²) in [5.41, 5.74) is 10.5. The third-order valence-electron chi connectivity index (χ3n) is 12.8. The summed E-state index contributed by atoms with van der Waals surface area (Å²) in [6, 6.07) is 22.6. The summed E-state index contributed by atoms with van der Waals surface area (Å²) in [7, 11) is 0. The standard InChI is InChI=1S/2C15H19N3O2.C14H21N3O.C7H6N4O.CH4/c2*1-2-5-11-8-14(19)17(9-11)10-18-13-7-4-3-6-12(13)16-15(18)20;1-2-5-11-8-14(18)17(9-11)10-16-13-7-4-3-6-12(13)15;12-7(10-3-1-8-5-10)11-4-2-9-6-11;/h2*3-4,6-7,11H,2,5,8-10H2,1H3,(H,16,20);3-4,6-7,11,16H,2,5,8-10,15H2,1H3;1-6H;1H4. The van der Waals surface area contributed by atoms with Gasteiger partial charge in [0.25, 0.3) is 0 Å². The van der Waals surface area contributed by atoms with Crippen LogP contribution in [0.25, 0.3) is 22.1 Å². The zero-order valence-electron chi connectivity index (χ0n) is 40.3. The van der Waals surface area contributed by atoms with Crippen LogP contribution in [0.5, 0.6) is 0 Å². The van der Waals surface area contributed by atoms with Crippen molar-refractivity contribution in [2.45, 2.75) is 99.3 Å². The Morgan fingerprint density at radius 3 is 1.44 bits per heavy atom. The number of rotatable bonds is 13. The monoisotopic (exact) mass is 972 g/mol. The van der Waals surface area contributed by atoms with Gasteiger partial charge in [0, 0.05) is 63.7 Å². The van der Waals surface area contributed by atoms with Gasteiger partial charge in [0.1, 0.15) is 26.0 Å².